The van der Waals surface area contributed by atoms with Crippen molar-refractivity contribution in [3.8, 4) is 0 Å². The molecule has 3 aliphatic rings. The van der Waals surface area contributed by atoms with Crippen molar-refractivity contribution in [1.82, 2.24) is 10.2 Å². The zero-order valence-corrected chi connectivity index (χ0v) is 14.0. The molecule has 122 valence electrons. The first kappa shape index (κ1) is 15.8. The molecule has 4 atom stereocenters. The van der Waals surface area contributed by atoms with Crippen LogP contribution in [0.25, 0.3) is 0 Å². The van der Waals surface area contributed by atoms with Gasteiger partial charge in [0.2, 0.25) is 0 Å². The second kappa shape index (κ2) is 7.43. The second-order valence-corrected chi connectivity index (χ2v) is 7.77. The van der Waals surface area contributed by atoms with Crippen molar-refractivity contribution < 1.29 is 4.74 Å². The number of nitrogens with one attached hydrogen (secondary N) is 1. The molecule has 1 saturated carbocycles. The number of piperidine rings is 1. The molecule has 21 heavy (non-hydrogen) atoms. The zero-order valence-electron chi connectivity index (χ0n) is 14.0. The summed E-state index contributed by atoms with van der Waals surface area (Å²) in [6, 6.07) is 1.45. The van der Waals surface area contributed by atoms with Crippen molar-refractivity contribution in [3.05, 3.63) is 0 Å². The van der Waals surface area contributed by atoms with Gasteiger partial charge in [0, 0.05) is 25.2 Å². The molecule has 0 spiro atoms. The first-order valence-electron chi connectivity index (χ1n) is 9.35. The van der Waals surface area contributed by atoms with Gasteiger partial charge < -0.3 is 10.1 Å². The van der Waals surface area contributed by atoms with Crippen LogP contribution < -0.4 is 5.32 Å². The van der Waals surface area contributed by atoms with Crippen LogP contribution in [0.1, 0.15) is 65.2 Å². The lowest BCUT2D eigenvalue weighted by Crippen LogP contribution is -2.49. The molecule has 2 aliphatic heterocycles. The summed E-state index contributed by atoms with van der Waals surface area (Å²) in [6.45, 7) is 7.96. The monoisotopic (exact) mass is 294 g/mol. The van der Waals surface area contributed by atoms with Crippen LogP contribution in [-0.2, 0) is 4.74 Å². The summed E-state index contributed by atoms with van der Waals surface area (Å²) in [6.07, 6.45) is 12.2. The molecule has 2 saturated heterocycles. The van der Waals surface area contributed by atoms with Crippen molar-refractivity contribution >= 4 is 0 Å². The summed E-state index contributed by atoms with van der Waals surface area (Å²) in [5.41, 5.74) is 0. The van der Waals surface area contributed by atoms with Crippen molar-refractivity contribution in [3.63, 3.8) is 0 Å². The Bertz CT molecular complexity index is 318. The third-order valence-electron chi connectivity index (χ3n) is 5.75. The fraction of sp³-hybridized carbons (Fsp3) is 1.00. The van der Waals surface area contributed by atoms with Gasteiger partial charge in [0.25, 0.3) is 0 Å². The van der Waals surface area contributed by atoms with E-state index < -0.39 is 0 Å². The Morgan fingerprint density at radius 1 is 1.00 bits per heavy atom. The highest BCUT2D eigenvalue weighted by atomic mass is 16.5. The van der Waals surface area contributed by atoms with Crippen LogP contribution in [0.2, 0.25) is 0 Å². The van der Waals surface area contributed by atoms with E-state index in [0.717, 1.165) is 18.5 Å². The van der Waals surface area contributed by atoms with E-state index in [-0.39, 0.29) is 0 Å². The standard InChI is InChI=1S/C18H34N2O/c1-14(2)19-12-16-9-10-17(21-16)13-20-11-5-7-15-6-3-4-8-18(15)20/h14-19H,3-13H2,1-2H3. The van der Waals surface area contributed by atoms with Crippen LogP contribution in [0, 0.1) is 5.92 Å². The molecular weight excluding hydrogens is 260 g/mol. The molecule has 3 fully saturated rings. The van der Waals surface area contributed by atoms with Crippen molar-refractivity contribution in [2.24, 2.45) is 5.92 Å². The average molecular weight is 294 g/mol. The van der Waals surface area contributed by atoms with Crippen LogP contribution in [-0.4, -0.2) is 48.8 Å². The number of rotatable bonds is 5. The molecule has 2 heterocycles. The molecular formula is C18H34N2O. The highest BCUT2D eigenvalue weighted by molar-refractivity contribution is 4.89. The number of likely N-dealkylation sites (tertiary alicyclic amines) is 1. The Labute approximate surface area is 130 Å². The number of nitrogens with zero attached hydrogens (tertiary/aromatic N) is 1. The highest BCUT2D eigenvalue weighted by Crippen LogP contribution is 2.36. The van der Waals surface area contributed by atoms with E-state index >= 15 is 0 Å². The molecule has 1 N–H and O–H groups in total. The van der Waals surface area contributed by atoms with Crippen LogP contribution in [0.5, 0.6) is 0 Å². The lowest BCUT2D eigenvalue weighted by atomic mass is 9.78. The molecule has 0 aromatic heterocycles. The summed E-state index contributed by atoms with van der Waals surface area (Å²) in [5, 5.41) is 3.52. The van der Waals surface area contributed by atoms with Crippen LogP contribution in [0.3, 0.4) is 0 Å². The van der Waals surface area contributed by atoms with Crippen molar-refractivity contribution in [1.29, 1.82) is 0 Å². The lowest BCUT2D eigenvalue weighted by molar-refractivity contribution is -0.0129. The van der Waals surface area contributed by atoms with E-state index in [1.165, 1.54) is 64.5 Å². The average Bonchev–Trinajstić information content (AvgIpc) is 2.93. The molecule has 3 rings (SSSR count). The summed E-state index contributed by atoms with van der Waals surface area (Å²) in [4.78, 5) is 2.79. The molecule has 0 amide bonds. The Morgan fingerprint density at radius 3 is 2.62 bits per heavy atom. The van der Waals surface area contributed by atoms with Crippen LogP contribution in [0.4, 0.5) is 0 Å². The molecule has 4 unspecified atom stereocenters. The van der Waals surface area contributed by atoms with Crippen LogP contribution >= 0.6 is 0 Å². The summed E-state index contributed by atoms with van der Waals surface area (Å²) < 4.78 is 6.29. The second-order valence-electron chi connectivity index (χ2n) is 7.77. The maximum absolute atomic E-state index is 6.29. The minimum Gasteiger partial charge on any atom is -0.372 e. The maximum atomic E-state index is 6.29. The lowest BCUT2D eigenvalue weighted by Gasteiger charge is -2.45. The van der Waals surface area contributed by atoms with Gasteiger partial charge in [0.05, 0.1) is 12.2 Å². The van der Waals surface area contributed by atoms with Gasteiger partial charge in [0.1, 0.15) is 0 Å². The maximum Gasteiger partial charge on any atom is 0.0707 e. The van der Waals surface area contributed by atoms with E-state index in [1.807, 2.05) is 0 Å². The van der Waals surface area contributed by atoms with Gasteiger partial charge >= 0.3 is 0 Å². The molecule has 3 heteroatoms. The summed E-state index contributed by atoms with van der Waals surface area (Å²) >= 11 is 0. The van der Waals surface area contributed by atoms with Crippen molar-refractivity contribution in [2.75, 3.05) is 19.6 Å². The van der Waals surface area contributed by atoms with Gasteiger partial charge in [-0.15, -0.1) is 0 Å². The Morgan fingerprint density at radius 2 is 1.76 bits per heavy atom. The van der Waals surface area contributed by atoms with E-state index in [0.29, 0.717) is 18.2 Å². The first-order chi connectivity index (χ1) is 10.2. The van der Waals surface area contributed by atoms with Gasteiger partial charge in [-0.25, -0.2) is 0 Å². The molecule has 0 aromatic rings. The Balaban J connectivity index is 1.45. The topological polar surface area (TPSA) is 24.5 Å². The van der Waals surface area contributed by atoms with Gasteiger partial charge in [0.15, 0.2) is 0 Å². The van der Waals surface area contributed by atoms with Gasteiger partial charge in [-0.05, 0) is 51.0 Å². The fourth-order valence-electron chi connectivity index (χ4n) is 4.65. The minimum atomic E-state index is 0.448. The third kappa shape index (κ3) is 4.20. The van der Waals surface area contributed by atoms with Crippen molar-refractivity contribution in [2.45, 2.75) is 89.5 Å². The fourth-order valence-corrected chi connectivity index (χ4v) is 4.65. The predicted molar refractivity (Wildman–Crippen MR) is 87.6 cm³/mol. The minimum absolute atomic E-state index is 0.448. The van der Waals surface area contributed by atoms with E-state index in [1.54, 1.807) is 0 Å². The molecule has 0 aromatic carbocycles. The molecule has 1 aliphatic carbocycles. The number of fused-ring (bicyclic) bond motifs is 1. The van der Waals surface area contributed by atoms with E-state index in [2.05, 4.69) is 24.1 Å². The first-order valence-corrected chi connectivity index (χ1v) is 9.35. The molecule has 3 nitrogen and oxygen atoms in total. The number of ether oxygens (including phenoxy) is 1. The zero-order chi connectivity index (χ0) is 14.7. The quantitative estimate of drug-likeness (QED) is 0.843. The number of hydrogen-bond acceptors (Lipinski definition) is 3. The Hall–Kier alpha value is -0.120. The molecule has 0 bridgehead atoms. The molecule has 0 radical (unpaired) electrons. The third-order valence-corrected chi connectivity index (χ3v) is 5.75. The summed E-state index contributed by atoms with van der Waals surface area (Å²) in [5.74, 6) is 0.993. The SMILES string of the molecule is CC(C)NCC1CCC(CN2CCCC3CCCCC32)O1. The predicted octanol–water partition coefficient (Wildman–Crippen LogP) is 3.19. The largest absolute Gasteiger partial charge is 0.372 e. The smallest absolute Gasteiger partial charge is 0.0707 e. The highest BCUT2D eigenvalue weighted by Gasteiger charge is 2.35. The number of hydrogen-bond donors (Lipinski definition) is 1. The van der Waals surface area contributed by atoms with E-state index in [9.17, 15) is 0 Å². The van der Waals surface area contributed by atoms with Gasteiger partial charge in [-0.3, -0.25) is 4.90 Å². The normalized spacial score (nSPS) is 37.9. The van der Waals surface area contributed by atoms with Gasteiger partial charge in [-0.2, -0.15) is 0 Å². The Kier molecular flexibility index (Phi) is 5.58. The van der Waals surface area contributed by atoms with Gasteiger partial charge in [-0.1, -0.05) is 26.7 Å². The summed E-state index contributed by atoms with van der Waals surface area (Å²) in [7, 11) is 0. The van der Waals surface area contributed by atoms with Crippen LogP contribution in [0.15, 0.2) is 0 Å². The van der Waals surface area contributed by atoms with E-state index in [4.69, 9.17) is 4.74 Å².